The number of aliphatic hydroxyl groups excluding tert-OH is 1. The average Bonchev–Trinajstić information content (AvgIpc) is 2.55. The molecule has 0 spiro atoms. The second kappa shape index (κ2) is 8.48. The Hall–Kier alpha value is -1.80. The molecule has 0 saturated heterocycles. The predicted octanol–water partition coefficient (Wildman–Crippen LogP) is 4.91. The minimum absolute atomic E-state index is 0.0961. The van der Waals surface area contributed by atoms with Crippen molar-refractivity contribution in [3.05, 3.63) is 65.7 Å². The van der Waals surface area contributed by atoms with Gasteiger partial charge >= 0.3 is 0 Å². The van der Waals surface area contributed by atoms with Crippen LogP contribution in [0, 0.1) is 0 Å². The minimum atomic E-state index is 0.0961. The van der Waals surface area contributed by atoms with Gasteiger partial charge in [-0.2, -0.15) is 0 Å². The van der Waals surface area contributed by atoms with Gasteiger partial charge in [-0.1, -0.05) is 68.7 Å². The fraction of sp³-hybridized carbons (Fsp3) is 0.368. The van der Waals surface area contributed by atoms with Gasteiger partial charge in [0.1, 0.15) is 0 Å². The number of benzene rings is 2. The monoisotopic (exact) mass is 283 g/mol. The van der Waals surface area contributed by atoms with E-state index >= 15 is 0 Å². The first-order valence-electron chi connectivity index (χ1n) is 7.84. The van der Waals surface area contributed by atoms with Crippen molar-refractivity contribution in [3.63, 3.8) is 0 Å². The summed E-state index contributed by atoms with van der Waals surface area (Å²) in [6, 6.07) is 19.0. The lowest BCUT2D eigenvalue weighted by Crippen LogP contribution is -2.10. The number of aliphatic hydroxyl groups is 1. The molecule has 0 aliphatic rings. The smallest absolute Gasteiger partial charge is 0.0681 e. The molecular weight excluding hydrogens is 258 g/mol. The summed E-state index contributed by atoms with van der Waals surface area (Å²) in [5.41, 5.74) is 3.39. The van der Waals surface area contributed by atoms with Crippen molar-refractivity contribution in [3.8, 4) is 0 Å². The molecule has 0 radical (unpaired) electrons. The molecule has 1 atom stereocenters. The van der Waals surface area contributed by atoms with Gasteiger partial charge in [0.25, 0.3) is 0 Å². The van der Waals surface area contributed by atoms with Gasteiger partial charge in [-0.05, 0) is 29.7 Å². The molecule has 2 rings (SSSR count). The summed E-state index contributed by atoms with van der Waals surface area (Å²) in [6.07, 6.45) is 4.89. The summed E-state index contributed by atoms with van der Waals surface area (Å²) in [5, 5.41) is 12.7. The van der Waals surface area contributed by atoms with E-state index in [-0.39, 0.29) is 6.61 Å². The summed E-state index contributed by atoms with van der Waals surface area (Å²) >= 11 is 0. The largest absolute Gasteiger partial charge is 0.392 e. The molecule has 2 nitrogen and oxygen atoms in total. The van der Waals surface area contributed by atoms with E-state index in [2.05, 4.69) is 42.6 Å². The Kier molecular flexibility index (Phi) is 6.29. The summed E-state index contributed by atoms with van der Waals surface area (Å²) in [6.45, 7) is 2.33. The third-order valence-corrected chi connectivity index (χ3v) is 3.78. The molecule has 21 heavy (non-hydrogen) atoms. The van der Waals surface area contributed by atoms with Gasteiger partial charge in [-0.15, -0.1) is 0 Å². The van der Waals surface area contributed by atoms with Crippen LogP contribution in [-0.4, -0.2) is 5.11 Å². The normalized spacial score (nSPS) is 12.1. The zero-order valence-electron chi connectivity index (χ0n) is 12.8. The number of rotatable bonds is 8. The first-order valence-corrected chi connectivity index (χ1v) is 7.84. The van der Waals surface area contributed by atoms with Gasteiger partial charge in [0.15, 0.2) is 0 Å². The van der Waals surface area contributed by atoms with Gasteiger partial charge in [-0.25, -0.2) is 0 Å². The molecule has 0 aliphatic carbocycles. The Morgan fingerprint density at radius 3 is 2.29 bits per heavy atom. The van der Waals surface area contributed by atoms with Crippen molar-refractivity contribution >= 4 is 5.69 Å². The number of hydrogen-bond donors (Lipinski definition) is 2. The van der Waals surface area contributed by atoms with Crippen LogP contribution >= 0.6 is 0 Å². The van der Waals surface area contributed by atoms with E-state index in [1.54, 1.807) is 0 Å². The molecule has 0 saturated carbocycles. The number of unbranched alkanes of at least 4 members (excludes halogenated alkanes) is 2. The fourth-order valence-electron chi connectivity index (χ4n) is 2.51. The first kappa shape index (κ1) is 15.6. The Morgan fingerprint density at radius 2 is 1.67 bits per heavy atom. The molecule has 0 bridgehead atoms. The zero-order valence-corrected chi connectivity index (χ0v) is 12.8. The molecular formula is C19H25NO. The van der Waals surface area contributed by atoms with Crippen LogP contribution in [0.4, 0.5) is 5.69 Å². The Labute approximate surface area is 127 Å². The third-order valence-electron chi connectivity index (χ3n) is 3.78. The molecule has 0 aromatic heterocycles. The lowest BCUT2D eigenvalue weighted by Gasteiger charge is -2.20. The van der Waals surface area contributed by atoms with Gasteiger partial charge in [0, 0.05) is 5.69 Å². The maximum Gasteiger partial charge on any atom is 0.0681 e. The Balaban J connectivity index is 2.07. The van der Waals surface area contributed by atoms with Crippen LogP contribution in [0.15, 0.2) is 54.6 Å². The first-order chi connectivity index (χ1) is 10.3. The average molecular weight is 283 g/mol. The van der Waals surface area contributed by atoms with Crippen LogP contribution in [-0.2, 0) is 6.61 Å². The quantitative estimate of drug-likeness (QED) is 0.674. The minimum Gasteiger partial charge on any atom is -0.392 e. The molecule has 0 fully saturated rings. The highest BCUT2D eigenvalue weighted by Crippen LogP contribution is 2.25. The van der Waals surface area contributed by atoms with Gasteiger partial charge < -0.3 is 10.4 Å². The van der Waals surface area contributed by atoms with E-state index in [9.17, 15) is 0 Å². The fourth-order valence-corrected chi connectivity index (χ4v) is 2.51. The van der Waals surface area contributed by atoms with Crippen LogP contribution in [0.1, 0.15) is 49.8 Å². The highest BCUT2D eigenvalue weighted by Gasteiger charge is 2.10. The van der Waals surface area contributed by atoms with Crippen molar-refractivity contribution in [1.29, 1.82) is 0 Å². The van der Waals surface area contributed by atoms with Crippen LogP contribution in [0.5, 0.6) is 0 Å². The molecule has 2 aromatic carbocycles. The summed E-state index contributed by atoms with van der Waals surface area (Å²) in [4.78, 5) is 0. The highest BCUT2D eigenvalue weighted by atomic mass is 16.3. The predicted molar refractivity (Wildman–Crippen MR) is 89.3 cm³/mol. The molecule has 0 amide bonds. The standard InChI is InChI=1S/C19H25NO/c1-2-3-5-10-19(17-8-6-4-7-9-17)20-18-13-11-16(15-21)12-14-18/h4,6-9,11-14,19-21H,2-3,5,10,15H2,1H3. The van der Waals surface area contributed by atoms with E-state index in [1.807, 2.05) is 24.3 Å². The van der Waals surface area contributed by atoms with E-state index in [0.29, 0.717) is 6.04 Å². The number of hydrogen-bond acceptors (Lipinski definition) is 2. The molecule has 2 aromatic rings. The molecule has 1 unspecified atom stereocenters. The molecule has 2 N–H and O–H groups in total. The van der Waals surface area contributed by atoms with Crippen molar-refractivity contribution in [2.75, 3.05) is 5.32 Å². The van der Waals surface area contributed by atoms with Crippen molar-refractivity contribution in [2.45, 2.75) is 45.3 Å². The zero-order chi connectivity index (χ0) is 14.9. The highest BCUT2D eigenvalue weighted by molar-refractivity contribution is 5.46. The second-order valence-corrected chi connectivity index (χ2v) is 5.46. The molecule has 0 heterocycles. The van der Waals surface area contributed by atoms with E-state index in [1.165, 1.54) is 24.8 Å². The number of anilines is 1. The summed E-state index contributed by atoms with van der Waals surface area (Å²) in [5.74, 6) is 0. The van der Waals surface area contributed by atoms with Crippen LogP contribution in [0.3, 0.4) is 0 Å². The van der Waals surface area contributed by atoms with Crippen LogP contribution < -0.4 is 5.32 Å². The topological polar surface area (TPSA) is 32.3 Å². The summed E-state index contributed by atoms with van der Waals surface area (Å²) < 4.78 is 0. The molecule has 2 heteroatoms. The van der Waals surface area contributed by atoms with Gasteiger partial charge in [0.2, 0.25) is 0 Å². The molecule has 0 aliphatic heterocycles. The lowest BCUT2D eigenvalue weighted by atomic mass is 10.00. The number of nitrogens with one attached hydrogen (secondary N) is 1. The molecule has 112 valence electrons. The Morgan fingerprint density at radius 1 is 0.952 bits per heavy atom. The Bertz CT molecular complexity index is 507. The lowest BCUT2D eigenvalue weighted by molar-refractivity contribution is 0.282. The van der Waals surface area contributed by atoms with E-state index in [4.69, 9.17) is 5.11 Å². The maximum absolute atomic E-state index is 9.11. The SMILES string of the molecule is CCCCCC(Nc1ccc(CO)cc1)c1ccccc1. The van der Waals surface area contributed by atoms with Crippen LogP contribution in [0.2, 0.25) is 0 Å². The summed E-state index contributed by atoms with van der Waals surface area (Å²) in [7, 11) is 0. The van der Waals surface area contributed by atoms with Gasteiger partial charge in [-0.3, -0.25) is 0 Å². The van der Waals surface area contributed by atoms with Crippen molar-refractivity contribution in [1.82, 2.24) is 0 Å². The van der Waals surface area contributed by atoms with E-state index in [0.717, 1.165) is 17.7 Å². The second-order valence-electron chi connectivity index (χ2n) is 5.46. The van der Waals surface area contributed by atoms with Crippen molar-refractivity contribution in [2.24, 2.45) is 0 Å². The van der Waals surface area contributed by atoms with E-state index < -0.39 is 0 Å². The van der Waals surface area contributed by atoms with Crippen LogP contribution in [0.25, 0.3) is 0 Å². The third kappa shape index (κ3) is 4.91. The maximum atomic E-state index is 9.11. The van der Waals surface area contributed by atoms with Crippen molar-refractivity contribution < 1.29 is 5.11 Å². The van der Waals surface area contributed by atoms with Gasteiger partial charge in [0.05, 0.1) is 12.6 Å².